The maximum atomic E-state index is 12.3. The molecule has 0 fully saturated rings. The number of rotatable bonds is 7. The minimum atomic E-state index is -0.286. The molecule has 126 valence electrons. The fraction of sp³-hybridized carbons (Fsp3) is 0.375. The van der Waals surface area contributed by atoms with Crippen LogP contribution in [-0.4, -0.2) is 27.3 Å². The molecule has 1 unspecified atom stereocenters. The predicted molar refractivity (Wildman–Crippen MR) is 98.1 cm³/mol. The summed E-state index contributed by atoms with van der Waals surface area (Å²) in [6, 6.07) is 9.31. The van der Waals surface area contributed by atoms with Crippen LogP contribution in [0.4, 0.5) is 0 Å². The summed E-state index contributed by atoms with van der Waals surface area (Å²) in [5, 5.41) is 15.9. The average Bonchev–Trinajstić information content (AvgIpc) is 3.00. The number of nitrogens with zero attached hydrogens (tertiary/aromatic N) is 3. The van der Waals surface area contributed by atoms with Gasteiger partial charge in [0.05, 0.1) is 11.3 Å². The van der Waals surface area contributed by atoms with Crippen molar-refractivity contribution in [1.82, 2.24) is 14.9 Å². The largest absolute Gasteiger partial charge is 0.342 e. The van der Waals surface area contributed by atoms with E-state index >= 15 is 0 Å². The summed E-state index contributed by atoms with van der Waals surface area (Å²) >= 11 is 8.64. The number of benzene rings is 1. The fourth-order valence-electron chi connectivity index (χ4n) is 2.05. The third-order valence-corrected chi connectivity index (χ3v) is 5.53. The Kier molecular flexibility index (Phi) is 7.03. The number of halogens is 1. The Balaban J connectivity index is 2.20. The molecule has 0 aliphatic heterocycles. The summed E-state index contributed by atoms with van der Waals surface area (Å²) in [5.74, 6) is 0.223. The molecule has 1 aromatic carbocycles. The first-order chi connectivity index (χ1) is 11.5. The number of nitrogens with one attached hydrogen (secondary N) is 1. The molecule has 2 aromatic rings. The number of thioether (sulfide) groups is 1. The highest BCUT2D eigenvalue weighted by atomic mass is 35.5. The second kappa shape index (κ2) is 9.02. The molecule has 1 amide bonds. The monoisotopic (exact) mass is 380 g/mol. The van der Waals surface area contributed by atoms with Crippen LogP contribution in [0.15, 0.2) is 28.5 Å². The molecule has 0 aliphatic rings. The van der Waals surface area contributed by atoms with E-state index in [4.69, 9.17) is 16.9 Å². The van der Waals surface area contributed by atoms with Crippen LogP contribution in [0, 0.1) is 17.2 Å². The van der Waals surface area contributed by atoms with Crippen molar-refractivity contribution in [2.24, 2.45) is 5.92 Å². The third kappa shape index (κ3) is 5.20. The topological polar surface area (TPSA) is 78.7 Å². The molecule has 5 nitrogen and oxygen atoms in total. The van der Waals surface area contributed by atoms with E-state index in [0.717, 1.165) is 15.5 Å². The molecule has 1 atom stereocenters. The second-order valence-electron chi connectivity index (χ2n) is 5.53. The maximum absolute atomic E-state index is 12.3. The first-order valence-corrected chi connectivity index (χ1v) is 9.44. The number of hydrogen-bond acceptors (Lipinski definition) is 6. The summed E-state index contributed by atoms with van der Waals surface area (Å²) < 4.78 is 4.91. The first-order valence-electron chi connectivity index (χ1n) is 7.41. The van der Waals surface area contributed by atoms with E-state index in [2.05, 4.69) is 28.8 Å². The van der Waals surface area contributed by atoms with E-state index in [1.54, 1.807) is 12.1 Å². The van der Waals surface area contributed by atoms with Gasteiger partial charge >= 0.3 is 0 Å². The quantitative estimate of drug-likeness (QED) is 0.580. The Morgan fingerprint density at radius 2 is 2.12 bits per heavy atom. The molecule has 0 bridgehead atoms. The lowest BCUT2D eigenvalue weighted by atomic mass is 10.1. The summed E-state index contributed by atoms with van der Waals surface area (Å²) in [6.45, 7) is 4.14. The Morgan fingerprint density at radius 3 is 2.75 bits per heavy atom. The van der Waals surface area contributed by atoms with E-state index in [1.165, 1.54) is 23.3 Å². The molecule has 2 rings (SSSR count). The van der Waals surface area contributed by atoms with Crippen LogP contribution in [0.1, 0.15) is 20.3 Å². The van der Waals surface area contributed by atoms with Crippen LogP contribution in [0.2, 0.25) is 5.02 Å². The number of hydrogen-bond donors (Lipinski definition) is 1. The van der Waals surface area contributed by atoms with Crippen LogP contribution in [0.5, 0.6) is 0 Å². The summed E-state index contributed by atoms with van der Waals surface area (Å²) in [5.41, 5.74) is 1.67. The van der Waals surface area contributed by atoms with Crippen LogP contribution in [-0.2, 0) is 4.79 Å². The Labute approximate surface area is 154 Å². The number of carbonyl (C=O) groups excluding carboxylic acids is 1. The van der Waals surface area contributed by atoms with Crippen molar-refractivity contribution in [2.45, 2.75) is 29.7 Å². The molecule has 0 aliphatic carbocycles. The summed E-state index contributed by atoms with van der Waals surface area (Å²) in [7, 11) is 0. The van der Waals surface area contributed by atoms with Crippen LogP contribution >= 0.6 is 34.9 Å². The summed E-state index contributed by atoms with van der Waals surface area (Å²) in [4.78, 5) is 12.3. The molecule has 0 spiro atoms. The molecule has 8 heteroatoms. The number of nitriles is 1. The van der Waals surface area contributed by atoms with E-state index in [9.17, 15) is 4.79 Å². The zero-order valence-corrected chi connectivity index (χ0v) is 15.7. The standard InChI is InChI=1S/C16H17ClN4OS2/c1-10(2)9-13(15(22)19-8-7-18)23-16-14(20-21-24-16)11-3-5-12(17)6-4-11/h3-6,10,13H,8-9H2,1-2H3,(H,19,22). The van der Waals surface area contributed by atoms with Gasteiger partial charge in [-0.15, -0.1) is 5.10 Å². The van der Waals surface area contributed by atoms with Crippen molar-refractivity contribution in [1.29, 1.82) is 5.26 Å². The van der Waals surface area contributed by atoms with E-state index in [0.29, 0.717) is 17.4 Å². The van der Waals surface area contributed by atoms with Crippen molar-refractivity contribution in [2.75, 3.05) is 6.54 Å². The van der Waals surface area contributed by atoms with Gasteiger partial charge in [0.15, 0.2) is 0 Å². The molecule has 1 aromatic heterocycles. The van der Waals surface area contributed by atoms with Gasteiger partial charge in [0, 0.05) is 10.6 Å². The van der Waals surface area contributed by atoms with Gasteiger partial charge in [-0.05, 0) is 36.0 Å². The van der Waals surface area contributed by atoms with Gasteiger partial charge in [-0.1, -0.05) is 53.8 Å². The van der Waals surface area contributed by atoms with E-state index < -0.39 is 0 Å². The second-order valence-corrected chi connectivity index (χ2v) is 8.19. The van der Waals surface area contributed by atoms with E-state index in [1.807, 2.05) is 18.2 Å². The Bertz CT molecular complexity index is 724. The first kappa shape index (κ1) is 18.7. The van der Waals surface area contributed by atoms with Crippen LogP contribution < -0.4 is 5.32 Å². The van der Waals surface area contributed by atoms with Gasteiger partial charge in [0.2, 0.25) is 5.91 Å². The van der Waals surface area contributed by atoms with E-state index in [-0.39, 0.29) is 17.7 Å². The molecular weight excluding hydrogens is 364 g/mol. The van der Waals surface area contributed by atoms with Crippen LogP contribution in [0.25, 0.3) is 11.3 Å². The highest BCUT2D eigenvalue weighted by Gasteiger charge is 2.24. The average molecular weight is 381 g/mol. The smallest absolute Gasteiger partial charge is 0.234 e. The number of amides is 1. The molecule has 24 heavy (non-hydrogen) atoms. The lowest BCUT2D eigenvalue weighted by Crippen LogP contribution is -2.33. The summed E-state index contributed by atoms with van der Waals surface area (Å²) in [6.07, 6.45) is 0.708. The molecular formula is C16H17ClN4OS2. The Morgan fingerprint density at radius 1 is 1.42 bits per heavy atom. The van der Waals surface area contributed by atoms with Gasteiger partial charge < -0.3 is 5.32 Å². The fourth-order valence-corrected chi connectivity index (χ4v) is 4.44. The zero-order valence-electron chi connectivity index (χ0n) is 13.3. The van der Waals surface area contributed by atoms with Crippen molar-refractivity contribution in [3.8, 4) is 17.3 Å². The lowest BCUT2D eigenvalue weighted by Gasteiger charge is -2.17. The molecule has 0 saturated carbocycles. The number of aromatic nitrogens is 2. The van der Waals surface area contributed by atoms with Gasteiger partial charge in [0.25, 0.3) is 0 Å². The van der Waals surface area contributed by atoms with Crippen molar-refractivity contribution in [3.05, 3.63) is 29.3 Å². The highest BCUT2D eigenvalue weighted by molar-refractivity contribution is 8.02. The van der Waals surface area contributed by atoms with Gasteiger partial charge in [-0.25, -0.2) is 0 Å². The van der Waals surface area contributed by atoms with Crippen molar-refractivity contribution < 1.29 is 4.79 Å². The number of carbonyl (C=O) groups is 1. The minimum absolute atomic E-state index is 0.0129. The predicted octanol–water partition coefficient (Wildman–Crippen LogP) is 4.01. The Hall–Kier alpha value is -1.62. The molecule has 1 heterocycles. The van der Waals surface area contributed by atoms with Gasteiger partial charge in [-0.3, -0.25) is 4.79 Å². The van der Waals surface area contributed by atoms with Crippen LogP contribution in [0.3, 0.4) is 0 Å². The molecule has 0 radical (unpaired) electrons. The molecule has 0 saturated heterocycles. The minimum Gasteiger partial charge on any atom is -0.342 e. The third-order valence-electron chi connectivity index (χ3n) is 3.14. The zero-order chi connectivity index (χ0) is 17.5. The lowest BCUT2D eigenvalue weighted by molar-refractivity contribution is -0.120. The normalized spacial score (nSPS) is 12.0. The van der Waals surface area contributed by atoms with Crippen molar-refractivity contribution in [3.63, 3.8) is 0 Å². The maximum Gasteiger partial charge on any atom is 0.234 e. The SMILES string of the molecule is CC(C)CC(Sc1snnc1-c1ccc(Cl)cc1)C(=O)NCC#N. The van der Waals surface area contributed by atoms with Gasteiger partial charge in [-0.2, -0.15) is 5.26 Å². The molecule has 1 N–H and O–H groups in total. The highest BCUT2D eigenvalue weighted by Crippen LogP contribution is 2.37. The van der Waals surface area contributed by atoms with Crippen molar-refractivity contribution >= 4 is 40.8 Å². The van der Waals surface area contributed by atoms with Gasteiger partial charge in [0.1, 0.15) is 16.4 Å².